The minimum Gasteiger partial charge on any atom is -0.342 e. The summed E-state index contributed by atoms with van der Waals surface area (Å²) in [5.41, 5.74) is 1.76. The fraction of sp³-hybridized carbons (Fsp3) is 0.429. The molecule has 1 aromatic heterocycles. The van der Waals surface area contributed by atoms with Crippen LogP contribution < -0.4 is 5.32 Å². The van der Waals surface area contributed by atoms with Crippen LogP contribution in [0.15, 0.2) is 24.3 Å². The van der Waals surface area contributed by atoms with Crippen LogP contribution in [0.2, 0.25) is 0 Å². The van der Waals surface area contributed by atoms with Crippen LogP contribution in [0.1, 0.15) is 48.1 Å². The molecule has 1 amide bonds. The van der Waals surface area contributed by atoms with Gasteiger partial charge in [-0.15, -0.1) is 10.2 Å². The van der Waals surface area contributed by atoms with E-state index in [1.165, 1.54) is 0 Å². The van der Waals surface area contributed by atoms with Gasteiger partial charge in [0.2, 0.25) is 0 Å². The summed E-state index contributed by atoms with van der Waals surface area (Å²) in [6.07, 6.45) is 0.761. The van der Waals surface area contributed by atoms with Gasteiger partial charge >= 0.3 is 0 Å². The van der Waals surface area contributed by atoms with Gasteiger partial charge in [-0.2, -0.15) is 5.21 Å². The Morgan fingerprint density at radius 2 is 2.00 bits per heavy atom. The number of tetrazole rings is 1. The molecule has 106 valence electrons. The van der Waals surface area contributed by atoms with E-state index in [2.05, 4.69) is 39.8 Å². The van der Waals surface area contributed by atoms with Crippen LogP contribution in [-0.2, 0) is 0 Å². The standard InChI is InChI=1S/C14H19N5O/c1-9(2)8-12(13-16-18-19-17-13)15-14(20)11-6-4-10(3)5-7-11/h4-7,9,12H,8H2,1-3H3,(H,15,20)(H,16,17,18,19). The second-order valence-corrected chi connectivity index (χ2v) is 5.29. The smallest absolute Gasteiger partial charge is 0.251 e. The number of benzene rings is 1. The van der Waals surface area contributed by atoms with Crippen molar-refractivity contribution in [3.63, 3.8) is 0 Å². The number of rotatable bonds is 5. The van der Waals surface area contributed by atoms with Gasteiger partial charge in [-0.1, -0.05) is 36.8 Å². The van der Waals surface area contributed by atoms with Crippen molar-refractivity contribution in [3.8, 4) is 0 Å². The molecule has 20 heavy (non-hydrogen) atoms. The summed E-state index contributed by atoms with van der Waals surface area (Å²) in [6.45, 7) is 6.17. The zero-order chi connectivity index (χ0) is 14.5. The molecule has 0 aliphatic carbocycles. The first-order chi connectivity index (χ1) is 9.56. The van der Waals surface area contributed by atoms with Gasteiger partial charge in [0.15, 0.2) is 5.82 Å². The number of aromatic amines is 1. The average molecular weight is 273 g/mol. The van der Waals surface area contributed by atoms with Gasteiger partial charge in [0.1, 0.15) is 0 Å². The van der Waals surface area contributed by atoms with E-state index >= 15 is 0 Å². The molecule has 0 saturated heterocycles. The van der Waals surface area contributed by atoms with Gasteiger partial charge in [-0.3, -0.25) is 4.79 Å². The maximum Gasteiger partial charge on any atom is 0.251 e. The van der Waals surface area contributed by atoms with Gasteiger partial charge < -0.3 is 5.32 Å². The van der Waals surface area contributed by atoms with Crippen molar-refractivity contribution in [2.24, 2.45) is 5.92 Å². The molecule has 2 N–H and O–H groups in total. The lowest BCUT2D eigenvalue weighted by molar-refractivity contribution is 0.0930. The number of nitrogens with one attached hydrogen (secondary N) is 2. The molecule has 0 spiro atoms. The molecule has 1 heterocycles. The van der Waals surface area contributed by atoms with E-state index in [1.807, 2.05) is 31.2 Å². The summed E-state index contributed by atoms with van der Waals surface area (Å²) in [4.78, 5) is 12.2. The van der Waals surface area contributed by atoms with Crippen molar-refractivity contribution in [2.45, 2.75) is 33.2 Å². The predicted molar refractivity (Wildman–Crippen MR) is 75.0 cm³/mol. The molecule has 0 radical (unpaired) electrons. The number of aryl methyl sites for hydroxylation is 1. The third-order valence-corrected chi connectivity index (χ3v) is 3.00. The maximum atomic E-state index is 12.2. The molecule has 0 bridgehead atoms. The Hall–Kier alpha value is -2.24. The fourth-order valence-corrected chi connectivity index (χ4v) is 1.96. The van der Waals surface area contributed by atoms with Crippen molar-refractivity contribution in [1.82, 2.24) is 25.9 Å². The quantitative estimate of drug-likeness (QED) is 0.873. The molecule has 1 atom stereocenters. The fourth-order valence-electron chi connectivity index (χ4n) is 1.96. The van der Waals surface area contributed by atoms with E-state index in [4.69, 9.17) is 0 Å². The summed E-state index contributed by atoms with van der Waals surface area (Å²) in [5, 5.41) is 16.9. The number of carbonyl (C=O) groups is 1. The van der Waals surface area contributed by atoms with E-state index < -0.39 is 0 Å². The van der Waals surface area contributed by atoms with Gasteiger partial charge in [-0.05, 0) is 31.4 Å². The summed E-state index contributed by atoms with van der Waals surface area (Å²) < 4.78 is 0. The van der Waals surface area contributed by atoms with Crippen molar-refractivity contribution in [2.75, 3.05) is 0 Å². The Morgan fingerprint density at radius 1 is 1.30 bits per heavy atom. The number of nitrogens with zero attached hydrogens (tertiary/aromatic N) is 3. The summed E-state index contributed by atoms with van der Waals surface area (Å²) in [7, 11) is 0. The highest BCUT2D eigenvalue weighted by atomic mass is 16.1. The van der Waals surface area contributed by atoms with Crippen LogP contribution in [0.3, 0.4) is 0 Å². The third-order valence-electron chi connectivity index (χ3n) is 3.00. The summed E-state index contributed by atoms with van der Waals surface area (Å²) in [6, 6.07) is 7.23. The zero-order valence-electron chi connectivity index (χ0n) is 11.9. The lowest BCUT2D eigenvalue weighted by Crippen LogP contribution is -2.30. The maximum absolute atomic E-state index is 12.2. The minimum absolute atomic E-state index is 0.125. The Bertz CT molecular complexity index is 547. The van der Waals surface area contributed by atoms with E-state index in [0.29, 0.717) is 17.3 Å². The Morgan fingerprint density at radius 3 is 2.55 bits per heavy atom. The molecule has 1 unspecified atom stereocenters. The van der Waals surface area contributed by atoms with Crippen LogP contribution in [0.25, 0.3) is 0 Å². The number of H-pyrrole nitrogens is 1. The van der Waals surface area contributed by atoms with Crippen LogP contribution in [0, 0.1) is 12.8 Å². The molecule has 1 aromatic carbocycles. The van der Waals surface area contributed by atoms with E-state index in [-0.39, 0.29) is 11.9 Å². The van der Waals surface area contributed by atoms with E-state index in [0.717, 1.165) is 12.0 Å². The molecule has 6 heteroatoms. The summed E-state index contributed by atoms with van der Waals surface area (Å²) in [5.74, 6) is 0.802. The topological polar surface area (TPSA) is 83.6 Å². The Kier molecular flexibility index (Phi) is 4.45. The third kappa shape index (κ3) is 3.63. The highest BCUT2D eigenvalue weighted by Gasteiger charge is 2.20. The van der Waals surface area contributed by atoms with Crippen LogP contribution in [-0.4, -0.2) is 26.5 Å². The lowest BCUT2D eigenvalue weighted by Gasteiger charge is -2.17. The Balaban J connectivity index is 2.11. The first kappa shape index (κ1) is 14.2. The Labute approximate surface area is 118 Å². The minimum atomic E-state index is -0.234. The summed E-state index contributed by atoms with van der Waals surface area (Å²) >= 11 is 0. The number of aromatic nitrogens is 4. The molecular formula is C14H19N5O. The van der Waals surface area contributed by atoms with Crippen molar-refractivity contribution >= 4 is 5.91 Å². The largest absolute Gasteiger partial charge is 0.342 e. The molecule has 0 aliphatic rings. The van der Waals surface area contributed by atoms with Crippen molar-refractivity contribution in [3.05, 3.63) is 41.2 Å². The van der Waals surface area contributed by atoms with E-state index in [1.54, 1.807) is 0 Å². The molecule has 0 saturated carbocycles. The second-order valence-electron chi connectivity index (χ2n) is 5.29. The van der Waals surface area contributed by atoms with Gasteiger partial charge in [0, 0.05) is 5.56 Å². The number of amides is 1. The van der Waals surface area contributed by atoms with Gasteiger partial charge in [0.05, 0.1) is 6.04 Å². The lowest BCUT2D eigenvalue weighted by atomic mass is 10.0. The van der Waals surface area contributed by atoms with Crippen LogP contribution in [0.4, 0.5) is 0 Å². The van der Waals surface area contributed by atoms with Crippen LogP contribution >= 0.6 is 0 Å². The van der Waals surface area contributed by atoms with Crippen molar-refractivity contribution < 1.29 is 4.79 Å². The first-order valence-electron chi connectivity index (χ1n) is 6.67. The number of hydrogen-bond donors (Lipinski definition) is 2. The number of hydrogen-bond acceptors (Lipinski definition) is 4. The molecule has 2 rings (SSSR count). The molecule has 2 aromatic rings. The highest BCUT2D eigenvalue weighted by molar-refractivity contribution is 5.94. The zero-order valence-corrected chi connectivity index (χ0v) is 11.9. The monoisotopic (exact) mass is 273 g/mol. The SMILES string of the molecule is Cc1ccc(C(=O)NC(CC(C)C)c2nn[nH]n2)cc1. The molecule has 0 fully saturated rings. The molecule has 6 nitrogen and oxygen atoms in total. The van der Waals surface area contributed by atoms with Crippen molar-refractivity contribution in [1.29, 1.82) is 0 Å². The molecule has 0 aliphatic heterocycles. The van der Waals surface area contributed by atoms with Crippen LogP contribution in [0.5, 0.6) is 0 Å². The first-order valence-corrected chi connectivity index (χ1v) is 6.67. The number of carbonyl (C=O) groups excluding carboxylic acids is 1. The van der Waals surface area contributed by atoms with E-state index in [9.17, 15) is 4.79 Å². The predicted octanol–water partition coefficient (Wildman–Crippen LogP) is 2.03. The van der Waals surface area contributed by atoms with Gasteiger partial charge in [0.25, 0.3) is 5.91 Å². The van der Waals surface area contributed by atoms with Gasteiger partial charge in [-0.25, -0.2) is 0 Å². The normalized spacial score (nSPS) is 12.4. The average Bonchev–Trinajstić information content (AvgIpc) is 2.92. The molecular weight excluding hydrogens is 254 g/mol. The highest BCUT2D eigenvalue weighted by Crippen LogP contribution is 2.18. The second kappa shape index (κ2) is 6.27.